The normalized spacial score (nSPS) is 13.1. The van der Waals surface area contributed by atoms with E-state index in [0.29, 0.717) is 25.4 Å². The van der Waals surface area contributed by atoms with Gasteiger partial charge in [-0.15, -0.1) is 0 Å². The van der Waals surface area contributed by atoms with E-state index in [-0.39, 0.29) is 6.61 Å². The van der Waals surface area contributed by atoms with E-state index >= 15 is 0 Å². The Morgan fingerprint density at radius 3 is 1.81 bits per heavy atom. The number of carboxylic acids is 1. The average molecular weight is 451 g/mol. The highest BCUT2D eigenvalue weighted by molar-refractivity contribution is 5.76. The third-order valence-electron chi connectivity index (χ3n) is 5.73. The lowest BCUT2D eigenvalue weighted by Crippen LogP contribution is -2.48. The van der Waals surface area contributed by atoms with Crippen molar-refractivity contribution in [2.45, 2.75) is 110 Å². The molecule has 0 saturated heterocycles. The summed E-state index contributed by atoms with van der Waals surface area (Å²) in [5.41, 5.74) is 0. The molecule has 0 spiro atoms. The molecule has 0 aliphatic rings. The van der Waals surface area contributed by atoms with Crippen LogP contribution in [0.4, 0.5) is 0 Å². The molecular formula is C27H46O5. The number of carbonyl (C=O) groups is 1. The van der Waals surface area contributed by atoms with Gasteiger partial charge in [0.05, 0.1) is 13.2 Å². The Morgan fingerprint density at radius 2 is 1.31 bits per heavy atom. The van der Waals surface area contributed by atoms with Gasteiger partial charge >= 0.3 is 11.8 Å². The Balaban J connectivity index is 2.32. The van der Waals surface area contributed by atoms with Gasteiger partial charge in [0.2, 0.25) is 0 Å². The third kappa shape index (κ3) is 13.1. The van der Waals surface area contributed by atoms with Crippen molar-refractivity contribution in [1.82, 2.24) is 0 Å². The number of rotatable bonds is 22. The van der Waals surface area contributed by atoms with Crippen molar-refractivity contribution in [3.05, 3.63) is 30.3 Å². The zero-order valence-corrected chi connectivity index (χ0v) is 20.5. The van der Waals surface area contributed by atoms with Crippen LogP contribution in [0.5, 0.6) is 5.75 Å². The number of benzene rings is 1. The van der Waals surface area contributed by atoms with E-state index in [2.05, 4.69) is 6.92 Å². The van der Waals surface area contributed by atoms with Gasteiger partial charge in [-0.2, -0.15) is 0 Å². The first-order valence-corrected chi connectivity index (χ1v) is 12.8. The molecule has 0 aliphatic carbocycles. The van der Waals surface area contributed by atoms with E-state index in [4.69, 9.17) is 14.2 Å². The highest BCUT2D eigenvalue weighted by Crippen LogP contribution is 2.26. The number of hydrogen-bond acceptors (Lipinski definition) is 4. The number of aliphatic carboxylic acids is 1. The van der Waals surface area contributed by atoms with Gasteiger partial charge in [-0.3, -0.25) is 0 Å². The summed E-state index contributed by atoms with van der Waals surface area (Å²) in [5.74, 6) is -2.26. The minimum atomic E-state index is -1.67. The van der Waals surface area contributed by atoms with Crippen LogP contribution >= 0.6 is 0 Å². The fourth-order valence-corrected chi connectivity index (χ4v) is 3.83. The standard InChI is InChI=1S/C27H46O5/c1-3-5-6-7-8-9-10-11-12-13-14-15-19-22-27(26(28)29,31-24-23-30-4-2)32-25-20-17-16-18-21-25/h16-18,20-21H,3-15,19,22-24H2,1-2H3,(H,28,29). The van der Waals surface area contributed by atoms with E-state index in [1.54, 1.807) is 12.1 Å². The maximum absolute atomic E-state index is 12.1. The van der Waals surface area contributed by atoms with Crippen LogP contribution in [0.15, 0.2) is 30.3 Å². The first-order valence-electron chi connectivity index (χ1n) is 12.8. The Bertz CT molecular complexity index is 562. The average Bonchev–Trinajstić information content (AvgIpc) is 2.80. The molecular weight excluding hydrogens is 404 g/mol. The monoisotopic (exact) mass is 450 g/mol. The molecule has 0 aliphatic heterocycles. The minimum Gasteiger partial charge on any atom is -0.476 e. The van der Waals surface area contributed by atoms with E-state index in [1.165, 1.54) is 64.2 Å². The predicted octanol–water partition coefficient (Wildman–Crippen LogP) is 7.38. The third-order valence-corrected chi connectivity index (χ3v) is 5.73. The molecule has 0 saturated carbocycles. The zero-order chi connectivity index (χ0) is 23.3. The lowest BCUT2D eigenvalue weighted by molar-refractivity contribution is -0.218. The summed E-state index contributed by atoms with van der Waals surface area (Å²) in [5, 5.41) is 9.94. The number of ether oxygens (including phenoxy) is 3. The van der Waals surface area contributed by atoms with Crippen LogP contribution < -0.4 is 4.74 Å². The topological polar surface area (TPSA) is 65.0 Å². The molecule has 1 unspecified atom stereocenters. The van der Waals surface area contributed by atoms with Crippen LogP contribution in [0.3, 0.4) is 0 Å². The fraction of sp³-hybridized carbons (Fsp3) is 0.741. The number of carboxylic acid groups (broad SMARTS) is 1. The molecule has 1 N–H and O–H groups in total. The first kappa shape index (κ1) is 28.4. The van der Waals surface area contributed by atoms with Crippen molar-refractivity contribution in [3.63, 3.8) is 0 Å². The van der Waals surface area contributed by atoms with E-state index in [0.717, 1.165) is 19.3 Å². The zero-order valence-electron chi connectivity index (χ0n) is 20.5. The van der Waals surface area contributed by atoms with Gasteiger partial charge in [-0.1, -0.05) is 102 Å². The van der Waals surface area contributed by atoms with Crippen molar-refractivity contribution < 1.29 is 24.1 Å². The van der Waals surface area contributed by atoms with Crippen molar-refractivity contribution in [2.24, 2.45) is 0 Å². The smallest absolute Gasteiger partial charge is 0.377 e. The van der Waals surface area contributed by atoms with Crippen LogP contribution in [0, 0.1) is 0 Å². The highest BCUT2D eigenvalue weighted by atomic mass is 16.7. The summed E-state index contributed by atoms with van der Waals surface area (Å²) in [6.45, 7) is 5.27. The summed E-state index contributed by atoms with van der Waals surface area (Å²) in [4.78, 5) is 12.1. The predicted molar refractivity (Wildman–Crippen MR) is 130 cm³/mol. The fourth-order valence-electron chi connectivity index (χ4n) is 3.83. The molecule has 5 heteroatoms. The number of para-hydroxylation sites is 1. The van der Waals surface area contributed by atoms with Crippen LogP contribution in [0.1, 0.15) is 104 Å². The van der Waals surface area contributed by atoms with Crippen molar-refractivity contribution in [2.75, 3.05) is 19.8 Å². The number of hydrogen-bond donors (Lipinski definition) is 1. The molecule has 32 heavy (non-hydrogen) atoms. The van der Waals surface area contributed by atoms with Gasteiger partial charge in [0.1, 0.15) is 5.75 Å². The Morgan fingerprint density at radius 1 is 0.781 bits per heavy atom. The summed E-state index contributed by atoms with van der Waals surface area (Å²) in [6, 6.07) is 9.04. The number of unbranched alkanes of at least 4 members (excludes halogenated alkanes) is 12. The van der Waals surface area contributed by atoms with Crippen LogP contribution in [0.25, 0.3) is 0 Å². The van der Waals surface area contributed by atoms with Gasteiger partial charge in [-0.25, -0.2) is 4.79 Å². The van der Waals surface area contributed by atoms with Crippen molar-refractivity contribution >= 4 is 5.97 Å². The van der Waals surface area contributed by atoms with Gasteiger partial charge in [0.15, 0.2) is 0 Å². The SMILES string of the molecule is CCCCCCCCCCCCCCCC(OCCOCC)(Oc1ccccc1)C(=O)O. The largest absolute Gasteiger partial charge is 0.476 e. The van der Waals surface area contributed by atoms with E-state index in [1.807, 2.05) is 25.1 Å². The van der Waals surface area contributed by atoms with Gasteiger partial charge < -0.3 is 19.3 Å². The molecule has 5 nitrogen and oxygen atoms in total. The van der Waals surface area contributed by atoms with Crippen molar-refractivity contribution in [3.8, 4) is 5.75 Å². The molecule has 0 amide bonds. The molecule has 1 atom stereocenters. The van der Waals surface area contributed by atoms with Crippen LogP contribution in [0.2, 0.25) is 0 Å². The molecule has 1 aromatic carbocycles. The second-order valence-electron chi connectivity index (χ2n) is 8.51. The first-order chi connectivity index (χ1) is 15.6. The summed E-state index contributed by atoms with van der Waals surface area (Å²) >= 11 is 0. The summed E-state index contributed by atoms with van der Waals surface area (Å²) < 4.78 is 16.9. The Labute approximate surface area is 195 Å². The minimum absolute atomic E-state index is 0.186. The molecule has 184 valence electrons. The van der Waals surface area contributed by atoms with Crippen LogP contribution in [-0.2, 0) is 14.3 Å². The lowest BCUT2D eigenvalue weighted by atomic mass is 10.0. The second-order valence-corrected chi connectivity index (χ2v) is 8.51. The molecule has 0 aromatic heterocycles. The molecule has 0 bridgehead atoms. The maximum atomic E-state index is 12.1. The van der Waals surface area contributed by atoms with Gasteiger partial charge in [-0.05, 0) is 25.5 Å². The molecule has 0 radical (unpaired) electrons. The van der Waals surface area contributed by atoms with E-state index < -0.39 is 11.8 Å². The molecule has 1 aromatic rings. The maximum Gasteiger partial charge on any atom is 0.377 e. The highest BCUT2D eigenvalue weighted by Gasteiger charge is 2.42. The summed E-state index contributed by atoms with van der Waals surface area (Å²) in [7, 11) is 0. The molecule has 1 rings (SSSR count). The molecule has 0 fully saturated rings. The van der Waals surface area contributed by atoms with Crippen LogP contribution in [-0.4, -0.2) is 36.7 Å². The van der Waals surface area contributed by atoms with E-state index in [9.17, 15) is 9.90 Å². The quantitative estimate of drug-likeness (QED) is 0.147. The second kappa shape index (κ2) is 18.9. The summed E-state index contributed by atoms with van der Waals surface area (Å²) in [6.07, 6.45) is 16.5. The van der Waals surface area contributed by atoms with Crippen molar-refractivity contribution in [1.29, 1.82) is 0 Å². The van der Waals surface area contributed by atoms with Gasteiger partial charge in [0.25, 0.3) is 0 Å². The molecule has 0 heterocycles. The lowest BCUT2D eigenvalue weighted by Gasteiger charge is -2.30. The van der Waals surface area contributed by atoms with Gasteiger partial charge in [0, 0.05) is 13.0 Å². The Hall–Kier alpha value is -1.59. The Kier molecular flexibility index (Phi) is 16.8.